The number of carboxylic acid groups (broad SMARTS) is 1. The first-order valence-corrected chi connectivity index (χ1v) is 7.24. The van der Waals surface area contributed by atoms with Gasteiger partial charge in [-0.2, -0.15) is 0 Å². The minimum atomic E-state index is -1.03. The van der Waals surface area contributed by atoms with E-state index in [1.165, 1.54) is 12.1 Å². The highest BCUT2D eigenvalue weighted by Gasteiger charge is 2.40. The number of hydrogen-bond donors (Lipinski definition) is 2. The summed E-state index contributed by atoms with van der Waals surface area (Å²) in [6, 6.07) is 4.64. The number of benzene rings is 1. The molecule has 0 bridgehead atoms. The molecule has 4 nitrogen and oxygen atoms in total. The summed E-state index contributed by atoms with van der Waals surface area (Å²) >= 11 is 0. The zero-order valence-corrected chi connectivity index (χ0v) is 12.6. The fraction of sp³-hybridized carbons (Fsp3) is 0.562. The Hall–Kier alpha value is -1.62. The Balaban J connectivity index is 2.03. The first-order chi connectivity index (χ1) is 9.80. The molecule has 0 aromatic heterocycles. The maximum Gasteiger partial charge on any atom is 0.323 e. The van der Waals surface area contributed by atoms with Crippen LogP contribution in [-0.4, -0.2) is 28.8 Å². The van der Waals surface area contributed by atoms with Gasteiger partial charge in [-0.05, 0) is 45.2 Å². The van der Waals surface area contributed by atoms with Crippen molar-refractivity contribution in [2.75, 3.05) is 0 Å². The third kappa shape index (κ3) is 4.17. The molecule has 5 heteroatoms. The van der Waals surface area contributed by atoms with Crippen molar-refractivity contribution in [2.45, 2.75) is 57.7 Å². The Morgan fingerprint density at radius 2 is 2.24 bits per heavy atom. The zero-order chi connectivity index (χ0) is 15.6. The van der Waals surface area contributed by atoms with Gasteiger partial charge >= 0.3 is 5.97 Å². The van der Waals surface area contributed by atoms with E-state index in [2.05, 4.69) is 5.32 Å². The van der Waals surface area contributed by atoms with Gasteiger partial charge in [0.2, 0.25) is 0 Å². The van der Waals surface area contributed by atoms with Crippen molar-refractivity contribution in [3.63, 3.8) is 0 Å². The highest BCUT2D eigenvalue weighted by Crippen LogP contribution is 2.27. The topological polar surface area (TPSA) is 58.6 Å². The standard InChI is InChI=1S/C16H22FNO3/c1-10-4-5-12(17)8-14(10)21-11(2)9-16(3,15(19)20)18-13-6-7-13/h4-5,8,11,13,18H,6-7,9H2,1-3H3,(H,19,20). The van der Waals surface area contributed by atoms with Crippen LogP contribution < -0.4 is 10.1 Å². The quantitative estimate of drug-likeness (QED) is 0.812. The van der Waals surface area contributed by atoms with E-state index in [9.17, 15) is 14.3 Å². The van der Waals surface area contributed by atoms with E-state index in [1.54, 1.807) is 19.9 Å². The predicted molar refractivity (Wildman–Crippen MR) is 78.0 cm³/mol. The maximum atomic E-state index is 13.3. The Morgan fingerprint density at radius 1 is 1.57 bits per heavy atom. The maximum absolute atomic E-state index is 13.3. The molecule has 0 amide bonds. The molecule has 1 aliphatic carbocycles. The van der Waals surface area contributed by atoms with Crippen LogP contribution in [0.1, 0.15) is 38.7 Å². The highest BCUT2D eigenvalue weighted by molar-refractivity contribution is 5.78. The van der Waals surface area contributed by atoms with Gasteiger partial charge in [0, 0.05) is 18.5 Å². The van der Waals surface area contributed by atoms with Gasteiger partial charge in [0.15, 0.2) is 0 Å². The molecule has 1 aromatic carbocycles. The van der Waals surface area contributed by atoms with Crippen LogP contribution in [0.5, 0.6) is 5.75 Å². The number of nitrogens with one attached hydrogen (secondary N) is 1. The summed E-state index contributed by atoms with van der Waals surface area (Å²) in [5.41, 5.74) is -0.197. The minimum Gasteiger partial charge on any atom is -0.490 e. The number of carboxylic acids is 1. The Kier molecular flexibility index (Phi) is 4.52. The number of ether oxygens (including phenoxy) is 1. The number of rotatable bonds is 7. The van der Waals surface area contributed by atoms with Crippen LogP contribution in [0.3, 0.4) is 0 Å². The van der Waals surface area contributed by atoms with Crippen LogP contribution in [-0.2, 0) is 4.79 Å². The SMILES string of the molecule is Cc1ccc(F)cc1OC(C)CC(C)(NC1CC1)C(=O)O. The molecule has 1 fully saturated rings. The number of carbonyl (C=O) groups is 1. The molecule has 1 aromatic rings. The van der Waals surface area contributed by atoms with Crippen LogP contribution in [0.15, 0.2) is 18.2 Å². The largest absolute Gasteiger partial charge is 0.490 e. The van der Waals surface area contributed by atoms with Crippen molar-refractivity contribution >= 4 is 5.97 Å². The second kappa shape index (κ2) is 6.02. The van der Waals surface area contributed by atoms with E-state index in [0.29, 0.717) is 12.2 Å². The Labute approximate surface area is 124 Å². The second-order valence-corrected chi connectivity index (χ2v) is 6.10. The molecule has 1 aliphatic rings. The first kappa shape index (κ1) is 15.8. The molecule has 2 rings (SSSR count). The summed E-state index contributed by atoms with van der Waals surface area (Å²) in [4.78, 5) is 11.5. The molecule has 0 saturated heterocycles. The van der Waals surface area contributed by atoms with Gasteiger partial charge in [-0.3, -0.25) is 10.1 Å². The fourth-order valence-electron chi connectivity index (χ4n) is 2.42. The zero-order valence-electron chi connectivity index (χ0n) is 12.6. The van der Waals surface area contributed by atoms with Gasteiger partial charge in [0.05, 0.1) is 6.10 Å². The summed E-state index contributed by atoms with van der Waals surface area (Å²) in [5.74, 6) is -0.789. The Morgan fingerprint density at radius 3 is 2.81 bits per heavy atom. The molecule has 21 heavy (non-hydrogen) atoms. The first-order valence-electron chi connectivity index (χ1n) is 7.24. The van der Waals surface area contributed by atoms with Gasteiger partial charge in [0.1, 0.15) is 17.1 Å². The van der Waals surface area contributed by atoms with Gasteiger partial charge in [0.25, 0.3) is 0 Å². The van der Waals surface area contributed by atoms with Crippen LogP contribution in [0, 0.1) is 12.7 Å². The summed E-state index contributed by atoms with van der Waals surface area (Å²) < 4.78 is 19.0. The molecule has 2 unspecified atom stereocenters. The average Bonchev–Trinajstić information content (AvgIpc) is 3.17. The monoisotopic (exact) mass is 295 g/mol. The second-order valence-electron chi connectivity index (χ2n) is 6.10. The van der Waals surface area contributed by atoms with Crippen LogP contribution in [0.25, 0.3) is 0 Å². The number of aryl methyl sites for hydroxylation is 1. The number of halogens is 1. The molecular formula is C16H22FNO3. The van der Waals surface area contributed by atoms with Crippen molar-refractivity contribution in [3.8, 4) is 5.75 Å². The van der Waals surface area contributed by atoms with E-state index < -0.39 is 11.5 Å². The molecule has 0 aliphatic heterocycles. The van der Waals surface area contributed by atoms with Gasteiger partial charge in [-0.1, -0.05) is 6.07 Å². The third-order valence-electron chi connectivity index (χ3n) is 3.75. The molecule has 2 N–H and O–H groups in total. The van der Waals surface area contributed by atoms with E-state index in [1.807, 2.05) is 6.92 Å². The van der Waals surface area contributed by atoms with Gasteiger partial charge in [-0.15, -0.1) is 0 Å². The lowest BCUT2D eigenvalue weighted by molar-refractivity contribution is -0.145. The van der Waals surface area contributed by atoms with Crippen molar-refractivity contribution in [1.29, 1.82) is 0 Å². The number of hydrogen-bond acceptors (Lipinski definition) is 3. The predicted octanol–water partition coefficient (Wildman–Crippen LogP) is 2.89. The van der Waals surface area contributed by atoms with Crippen LogP contribution in [0.4, 0.5) is 4.39 Å². The number of aliphatic carboxylic acids is 1. The van der Waals surface area contributed by atoms with Crippen molar-refractivity contribution in [3.05, 3.63) is 29.6 Å². The van der Waals surface area contributed by atoms with E-state index >= 15 is 0 Å². The molecular weight excluding hydrogens is 273 g/mol. The van der Waals surface area contributed by atoms with E-state index in [-0.39, 0.29) is 18.0 Å². The summed E-state index contributed by atoms with van der Waals surface area (Å²) in [5, 5.41) is 12.6. The molecule has 0 radical (unpaired) electrons. The molecule has 0 heterocycles. The van der Waals surface area contributed by atoms with Gasteiger partial charge < -0.3 is 9.84 Å². The normalized spacial score (nSPS) is 18.9. The fourth-order valence-corrected chi connectivity index (χ4v) is 2.42. The van der Waals surface area contributed by atoms with Crippen LogP contribution >= 0.6 is 0 Å². The third-order valence-corrected chi connectivity index (χ3v) is 3.75. The lowest BCUT2D eigenvalue weighted by Gasteiger charge is -2.29. The molecule has 0 spiro atoms. The molecule has 1 saturated carbocycles. The summed E-state index contributed by atoms with van der Waals surface area (Å²) in [7, 11) is 0. The molecule has 2 atom stereocenters. The van der Waals surface area contributed by atoms with Crippen molar-refractivity contribution in [1.82, 2.24) is 5.32 Å². The summed E-state index contributed by atoms with van der Waals surface area (Å²) in [6.45, 7) is 5.31. The smallest absolute Gasteiger partial charge is 0.323 e. The van der Waals surface area contributed by atoms with Crippen molar-refractivity contribution < 1.29 is 19.0 Å². The van der Waals surface area contributed by atoms with Crippen molar-refractivity contribution in [2.24, 2.45) is 0 Å². The molecule has 116 valence electrons. The lowest BCUT2D eigenvalue weighted by atomic mass is 9.94. The van der Waals surface area contributed by atoms with E-state index in [4.69, 9.17) is 4.74 Å². The summed E-state index contributed by atoms with van der Waals surface area (Å²) in [6.07, 6.45) is 2.01. The minimum absolute atomic E-state index is 0.286. The van der Waals surface area contributed by atoms with Gasteiger partial charge in [-0.25, -0.2) is 4.39 Å². The highest BCUT2D eigenvalue weighted by atomic mass is 19.1. The Bertz CT molecular complexity index is 530. The van der Waals surface area contributed by atoms with E-state index in [0.717, 1.165) is 18.4 Å². The van der Waals surface area contributed by atoms with Crippen LogP contribution in [0.2, 0.25) is 0 Å². The average molecular weight is 295 g/mol. The lowest BCUT2D eigenvalue weighted by Crippen LogP contribution is -2.52.